The molecule has 1 N–H and O–H groups in total. The fraction of sp³-hybridized carbons (Fsp3) is 0.0952. The zero-order chi connectivity index (χ0) is 20.2. The number of carbonyl (C=O) groups excluding carboxylic acids is 1. The SMILES string of the molecule is O=C(Cn1cnc2ccccc2c1=O)NCc1cc(-c2ccc(F)cc2)ncn1. The highest BCUT2D eigenvalue weighted by molar-refractivity contribution is 5.78. The summed E-state index contributed by atoms with van der Waals surface area (Å²) in [6.07, 6.45) is 2.75. The summed E-state index contributed by atoms with van der Waals surface area (Å²) in [5.41, 5.74) is 2.28. The minimum Gasteiger partial charge on any atom is -0.349 e. The van der Waals surface area contributed by atoms with Gasteiger partial charge in [-0.2, -0.15) is 0 Å². The van der Waals surface area contributed by atoms with Crippen LogP contribution in [-0.4, -0.2) is 25.4 Å². The van der Waals surface area contributed by atoms with E-state index in [2.05, 4.69) is 20.3 Å². The van der Waals surface area contributed by atoms with Gasteiger partial charge in [-0.15, -0.1) is 0 Å². The summed E-state index contributed by atoms with van der Waals surface area (Å²) in [6.45, 7) is 0.0257. The molecule has 0 aliphatic carbocycles. The van der Waals surface area contributed by atoms with Gasteiger partial charge in [-0.1, -0.05) is 12.1 Å². The van der Waals surface area contributed by atoms with Gasteiger partial charge in [0.1, 0.15) is 18.7 Å². The van der Waals surface area contributed by atoms with E-state index in [1.807, 2.05) is 0 Å². The zero-order valence-electron chi connectivity index (χ0n) is 15.2. The van der Waals surface area contributed by atoms with E-state index in [4.69, 9.17) is 0 Å². The van der Waals surface area contributed by atoms with Gasteiger partial charge in [0, 0.05) is 5.56 Å². The van der Waals surface area contributed by atoms with Gasteiger partial charge in [0.05, 0.1) is 35.2 Å². The maximum atomic E-state index is 13.1. The highest BCUT2D eigenvalue weighted by Crippen LogP contribution is 2.17. The predicted octanol–water partition coefficient (Wildman–Crippen LogP) is 2.31. The predicted molar refractivity (Wildman–Crippen MR) is 105 cm³/mol. The molecule has 8 heteroatoms. The monoisotopic (exact) mass is 389 g/mol. The minimum absolute atomic E-state index is 0.146. The van der Waals surface area contributed by atoms with E-state index in [0.717, 1.165) is 5.56 Å². The molecule has 2 aromatic heterocycles. The molecular formula is C21H16FN5O2. The Bertz CT molecular complexity index is 1240. The van der Waals surface area contributed by atoms with Crippen LogP contribution in [0.1, 0.15) is 5.69 Å². The molecule has 0 saturated heterocycles. The van der Waals surface area contributed by atoms with Crippen molar-refractivity contribution < 1.29 is 9.18 Å². The van der Waals surface area contributed by atoms with Gasteiger partial charge >= 0.3 is 0 Å². The Kier molecular flexibility index (Phi) is 5.07. The molecule has 0 spiro atoms. The highest BCUT2D eigenvalue weighted by Gasteiger charge is 2.09. The topological polar surface area (TPSA) is 89.8 Å². The lowest BCUT2D eigenvalue weighted by Crippen LogP contribution is -2.32. The normalized spacial score (nSPS) is 10.8. The van der Waals surface area contributed by atoms with Crippen LogP contribution >= 0.6 is 0 Å². The Morgan fingerprint density at radius 2 is 1.83 bits per heavy atom. The Balaban J connectivity index is 1.44. The van der Waals surface area contributed by atoms with Crippen LogP contribution in [0, 0.1) is 5.82 Å². The molecule has 144 valence electrons. The average molecular weight is 389 g/mol. The van der Waals surface area contributed by atoms with Crippen LogP contribution < -0.4 is 10.9 Å². The third-order valence-corrected chi connectivity index (χ3v) is 4.38. The molecule has 0 bridgehead atoms. The van der Waals surface area contributed by atoms with Crippen LogP contribution in [0.3, 0.4) is 0 Å². The molecule has 0 fully saturated rings. The number of aromatic nitrogens is 4. The van der Waals surface area contributed by atoms with Crippen LogP contribution in [0.25, 0.3) is 22.2 Å². The van der Waals surface area contributed by atoms with Crippen molar-refractivity contribution in [3.05, 3.63) is 89.1 Å². The van der Waals surface area contributed by atoms with Crippen molar-refractivity contribution in [2.45, 2.75) is 13.1 Å². The Hall–Kier alpha value is -3.94. The van der Waals surface area contributed by atoms with Gasteiger partial charge < -0.3 is 5.32 Å². The van der Waals surface area contributed by atoms with E-state index >= 15 is 0 Å². The van der Waals surface area contributed by atoms with Crippen molar-refractivity contribution in [3.8, 4) is 11.3 Å². The smallest absolute Gasteiger partial charge is 0.261 e. The fourth-order valence-electron chi connectivity index (χ4n) is 2.89. The second-order valence-corrected chi connectivity index (χ2v) is 6.37. The fourth-order valence-corrected chi connectivity index (χ4v) is 2.89. The maximum absolute atomic E-state index is 13.1. The molecule has 7 nitrogen and oxygen atoms in total. The third-order valence-electron chi connectivity index (χ3n) is 4.38. The summed E-state index contributed by atoms with van der Waals surface area (Å²) in [7, 11) is 0. The molecule has 0 unspecified atom stereocenters. The molecule has 29 heavy (non-hydrogen) atoms. The van der Waals surface area contributed by atoms with Crippen LogP contribution in [0.15, 0.2) is 72.0 Å². The lowest BCUT2D eigenvalue weighted by atomic mass is 10.1. The number of carbonyl (C=O) groups is 1. The molecule has 1 amide bonds. The summed E-state index contributed by atoms with van der Waals surface area (Å²) >= 11 is 0. The summed E-state index contributed by atoms with van der Waals surface area (Å²) in [4.78, 5) is 37.3. The van der Waals surface area contributed by atoms with Crippen molar-refractivity contribution in [1.82, 2.24) is 24.8 Å². The van der Waals surface area contributed by atoms with Crippen molar-refractivity contribution in [2.75, 3.05) is 0 Å². The van der Waals surface area contributed by atoms with Crippen LogP contribution in [-0.2, 0) is 17.9 Å². The van der Waals surface area contributed by atoms with E-state index in [9.17, 15) is 14.0 Å². The van der Waals surface area contributed by atoms with E-state index < -0.39 is 0 Å². The number of hydrogen-bond donors (Lipinski definition) is 1. The molecule has 0 radical (unpaired) electrons. The first-order valence-electron chi connectivity index (χ1n) is 8.88. The molecule has 2 heterocycles. The van der Waals surface area contributed by atoms with Crippen molar-refractivity contribution in [3.63, 3.8) is 0 Å². The van der Waals surface area contributed by atoms with Gasteiger partial charge in [0.25, 0.3) is 5.56 Å². The van der Waals surface area contributed by atoms with Crippen molar-refractivity contribution in [1.29, 1.82) is 0 Å². The highest BCUT2D eigenvalue weighted by atomic mass is 19.1. The second-order valence-electron chi connectivity index (χ2n) is 6.37. The minimum atomic E-state index is -0.342. The lowest BCUT2D eigenvalue weighted by molar-refractivity contribution is -0.121. The number of nitrogens with zero attached hydrogens (tertiary/aromatic N) is 4. The van der Waals surface area contributed by atoms with Crippen molar-refractivity contribution in [2.24, 2.45) is 0 Å². The van der Waals surface area contributed by atoms with E-state index in [-0.39, 0.29) is 30.4 Å². The van der Waals surface area contributed by atoms with Crippen LogP contribution in [0.2, 0.25) is 0 Å². The number of hydrogen-bond acceptors (Lipinski definition) is 5. The molecule has 4 rings (SSSR count). The molecule has 4 aromatic rings. The zero-order valence-corrected chi connectivity index (χ0v) is 15.2. The Labute approximate surface area is 164 Å². The number of nitrogens with one attached hydrogen (secondary N) is 1. The van der Waals surface area contributed by atoms with E-state index in [0.29, 0.717) is 22.3 Å². The first-order valence-corrected chi connectivity index (χ1v) is 8.88. The summed E-state index contributed by atoms with van der Waals surface area (Å²) in [5, 5.41) is 3.19. The van der Waals surface area contributed by atoms with Crippen molar-refractivity contribution >= 4 is 16.8 Å². The van der Waals surface area contributed by atoms with Gasteiger partial charge in [0.15, 0.2) is 0 Å². The first kappa shape index (κ1) is 18.4. The number of halogens is 1. The number of benzene rings is 2. The van der Waals surface area contributed by atoms with Crippen LogP contribution in [0.4, 0.5) is 4.39 Å². The lowest BCUT2D eigenvalue weighted by Gasteiger charge is -2.08. The number of amides is 1. The quantitative estimate of drug-likeness (QED) is 0.566. The second kappa shape index (κ2) is 7.97. The third kappa shape index (κ3) is 4.16. The summed E-state index contributed by atoms with van der Waals surface area (Å²) in [5.74, 6) is -0.667. The molecule has 2 aromatic carbocycles. The summed E-state index contributed by atoms with van der Waals surface area (Å²) < 4.78 is 14.3. The number of fused-ring (bicyclic) bond motifs is 1. The van der Waals surface area contributed by atoms with Gasteiger partial charge in [-0.05, 0) is 42.5 Å². The van der Waals surface area contributed by atoms with Gasteiger partial charge in [-0.3, -0.25) is 14.2 Å². The molecule has 0 atom stereocenters. The van der Waals surface area contributed by atoms with Crippen LogP contribution in [0.5, 0.6) is 0 Å². The number of rotatable bonds is 5. The van der Waals surface area contributed by atoms with Gasteiger partial charge in [0.2, 0.25) is 5.91 Å². The van der Waals surface area contributed by atoms with E-state index in [1.54, 1.807) is 42.5 Å². The largest absolute Gasteiger partial charge is 0.349 e. The van der Waals surface area contributed by atoms with E-state index in [1.165, 1.54) is 29.4 Å². The molecular weight excluding hydrogens is 373 g/mol. The Morgan fingerprint density at radius 1 is 1.03 bits per heavy atom. The average Bonchev–Trinajstić information content (AvgIpc) is 2.75. The molecule has 0 saturated carbocycles. The molecule has 0 aliphatic rings. The molecule has 0 aliphatic heterocycles. The standard InChI is InChI=1S/C21H16FN5O2/c22-15-7-5-14(6-8-15)19-9-16(24-12-25-19)10-23-20(28)11-27-13-26-18-4-2-1-3-17(18)21(27)29/h1-9,12-13H,10-11H2,(H,23,28). The first-order chi connectivity index (χ1) is 14.1. The number of para-hydroxylation sites is 1. The summed E-state index contributed by atoms with van der Waals surface area (Å²) in [6, 6.07) is 14.7. The maximum Gasteiger partial charge on any atom is 0.261 e. The Morgan fingerprint density at radius 3 is 2.66 bits per heavy atom. The van der Waals surface area contributed by atoms with Gasteiger partial charge in [-0.25, -0.2) is 19.3 Å².